The van der Waals surface area contributed by atoms with Gasteiger partial charge in [-0.25, -0.2) is 9.18 Å². The van der Waals surface area contributed by atoms with E-state index in [9.17, 15) is 38.8 Å². The molecule has 2 unspecified atom stereocenters. The fraction of sp³-hybridized carbons (Fsp3) is 0.214. The number of hydrogen-bond donors (Lipinski definition) is 3. The first kappa shape index (κ1) is 28.7. The summed E-state index contributed by atoms with van der Waals surface area (Å²) in [4.78, 5) is 64.9. The molecule has 0 spiro atoms. The average Bonchev–Trinajstić information content (AvgIpc) is 3.38. The Kier molecular flexibility index (Phi) is 8.56. The third-order valence-corrected chi connectivity index (χ3v) is 6.47. The molecule has 12 nitrogen and oxygen atoms in total. The van der Waals surface area contributed by atoms with Gasteiger partial charge in [-0.2, -0.15) is 0 Å². The summed E-state index contributed by atoms with van der Waals surface area (Å²) in [5.74, 6) is -3.41. The number of hydrogen-bond acceptors (Lipinski definition) is 6. The molecule has 3 aromatic rings. The van der Waals surface area contributed by atoms with Crippen LogP contribution in [-0.4, -0.2) is 62.9 Å². The highest BCUT2D eigenvalue weighted by Gasteiger charge is 2.44. The highest BCUT2D eigenvalue weighted by Crippen LogP contribution is 2.24. The predicted molar refractivity (Wildman–Crippen MR) is 144 cm³/mol. The molecule has 4 rings (SSSR count). The second-order valence-electron chi connectivity index (χ2n) is 9.38. The third kappa shape index (κ3) is 6.82. The smallest absolute Gasteiger partial charge is 0.323 e. The first-order valence-corrected chi connectivity index (χ1v) is 12.5. The van der Waals surface area contributed by atoms with E-state index in [1.54, 1.807) is 18.2 Å². The first-order valence-electron chi connectivity index (χ1n) is 12.5. The highest BCUT2D eigenvalue weighted by molar-refractivity contribution is 6.01. The lowest BCUT2D eigenvalue weighted by Gasteiger charge is -2.31. The number of aryl methyl sites for hydroxylation is 1. The number of aliphatic carboxylic acids is 1. The number of benzene rings is 3. The van der Waals surface area contributed by atoms with Crippen LogP contribution >= 0.6 is 0 Å². The maximum atomic E-state index is 13.7. The summed E-state index contributed by atoms with van der Waals surface area (Å²) < 4.78 is 13.5. The van der Waals surface area contributed by atoms with Gasteiger partial charge in [0.25, 0.3) is 17.5 Å². The number of carboxylic acid groups (broad SMARTS) is 1. The summed E-state index contributed by atoms with van der Waals surface area (Å²) in [5, 5.41) is 26.0. The van der Waals surface area contributed by atoms with Crippen molar-refractivity contribution < 1.29 is 33.6 Å². The molecule has 0 bridgehead atoms. The molecule has 212 valence electrons. The SMILES string of the molecule is Cc1cccc(NC(=O)N2CCN(C(=O)c3cccc([N+](=O)[O-])c3)C2C(=O)NC(CC(=O)O)c2ccc(F)cc2)c1. The molecule has 3 N–H and O–H groups in total. The molecule has 13 heteroatoms. The highest BCUT2D eigenvalue weighted by atomic mass is 19.1. The maximum Gasteiger partial charge on any atom is 0.323 e. The van der Waals surface area contributed by atoms with Crippen molar-refractivity contribution in [3.63, 3.8) is 0 Å². The Labute approximate surface area is 233 Å². The quantitative estimate of drug-likeness (QED) is 0.278. The summed E-state index contributed by atoms with van der Waals surface area (Å²) in [7, 11) is 0. The van der Waals surface area contributed by atoms with Crippen LogP contribution in [-0.2, 0) is 9.59 Å². The van der Waals surface area contributed by atoms with Crippen molar-refractivity contribution in [2.75, 3.05) is 18.4 Å². The molecule has 4 amide bonds. The van der Waals surface area contributed by atoms with Crippen LogP contribution in [0.15, 0.2) is 72.8 Å². The molecular formula is C28H26FN5O7. The van der Waals surface area contributed by atoms with Crippen LogP contribution in [0.2, 0.25) is 0 Å². The van der Waals surface area contributed by atoms with Crippen molar-refractivity contribution in [1.29, 1.82) is 0 Å². The Balaban J connectivity index is 1.67. The number of halogens is 1. The van der Waals surface area contributed by atoms with Crippen LogP contribution < -0.4 is 10.6 Å². The summed E-state index contributed by atoms with van der Waals surface area (Å²) in [5.41, 5.74) is 1.22. The molecule has 1 aliphatic rings. The minimum Gasteiger partial charge on any atom is -0.481 e. The number of amides is 4. The van der Waals surface area contributed by atoms with Crippen molar-refractivity contribution in [2.45, 2.75) is 25.6 Å². The van der Waals surface area contributed by atoms with Gasteiger partial charge in [0, 0.05) is 36.5 Å². The van der Waals surface area contributed by atoms with Gasteiger partial charge < -0.3 is 20.6 Å². The molecule has 0 aliphatic carbocycles. The number of carbonyl (C=O) groups is 4. The zero-order chi connectivity index (χ0) is 29.7. The number of rotatable bonds is 8. The lowest BCUT2D eigenvalue weighted by Crippen LogP contribution is -2.55. The first-order chi connectivity index (χ1) is 19.5. The van der Waals surface area contributed by atoms with E-state index in [-0.39, 0.29) is 24.3 Å². The van der Waals surface area contributed by atoms with E-state index >= 15 is 0 Å². The van der Waals surface area contributed by atoms with Crippen molar-refractivity contribution in [3.8, 4) is 0 Å². The monoisotopic (exact) mass is 563 g/mol. The number of nitrogens with zero attached hydrogens (tertiary/aromatic N) is 3. The summed E-state index contributed by atoms with van der Waals surface area (Å²) >= 11 is 0. The van der Waals surface area contributed by atoms with E-state index in [2.05, 4.69) is 10.6 Å². The minimum atomic E-state index is -1.52. The molecule has 1 aliphatic heterocycles. The molecule has 0 aromatic heterocycles. The Hall–Kier alpha value is -5.33. The van der Waals surface area contributed by atoms with Gasteiger partial charge in [-0.3, -0.25) is 29.4 Å². The Morgan fingerprint density at radius 1 is 1.02 bits per heavy atom. The van der Waals surface area contributed by atoms with E-state index in [4.69, 9.17) is 0 Å². The van der Waals surface area contributed by atoms with Gasteiger partial charge >= 0.3 is 12.0 Å². The molecule has 2 atom stereocenters. The molecule has 0 saturated carbocycles. The summed E-state index contributed by atoms with van der Waals surface area (Å²) in [6.45, 7) is 1.69. The topological polar surface area (TPSA) is 162 Å². The van der Waals surface area contributed by atoms with Crippen molar-refractivity contribution >= 4 is 35.2 Å². The normalized spacial score (nSPS) is 15.2. The minimum absolute atomic E-state index is 0.0590. The summed E-state index contributed by atoms with van der Waals surface area (Å²) in [6.07, 6.45) is -2.08. The second-order valence-corrected chi connectivity index (χ2v) is 9.38. The van der Waals surface area contributed by atoms with Crippen LogP contribution in [0.3, 0.4) is 0 Å². The number of carbonyl (C=O) groups excluding carboxylic acids is 3. The molecule has 1 heterocycles. The van der Waals surface area contributed by atoms with Gasteiger partial charge in [0.15, 0.2) is 6.17 Å². The largest absolute Gasteiger partial charge is 0.481 e. The number of urea groups is 1. The summed E-state index contributed by atoms with van der Waals surface area (Å²) in [6, 6.07) is 15.0. The third-order valence-electron chi connectivity index (χ3n) is 6.47. The number of nitro benzene ring substituents is 1. The van der Waals surface area contributed by atoms with Crippen LogP contribution in [0.25, 0.3) is 0 Å². The Morgan fingerprint density at radius 3 is 2.37 bits per heavy atom. The lowest BCUT2D eigenvalue weighted by atomic mass is 10.0. The van der Waals surface area contributed by atoms with E-state index < -0.39 is 53.2 Å². The fourth-order valence-electron chi connectivity index (χ4n) is 4.54. The standard InChI is InChI=1S/C28H26FN5O7/c1-17-4-2-6-21(14-17)30-28(39)33-13-12-32(27(38)19-5-3-7-22(15-19)34(40)41)26(33)25(37)31-23(16-24(35)36)18-8-10-20(29)11-9-18/h2-11,14-15,23,26H,12-13,16H2,1H3,(H,30,39)(H,31,37)(H,35,36). The number of carboxylic acids is 1. The number of anilines is 1. The van der Waals surface area contributed by atoms with Crippen LogP contribution in [0.5, 0.6) is 0 Å². The Morgan fingerprint density at radius 2 is 1.71 bits per heavy atom. The molecule has 0 radical (unpaired) electrons. The van der Waals surface area contributed by atoms with E-state index in [0.717, 1.165) is 33.6 Å². The number of non-ortho nitro benzene ring substituents is 1. The molecule has 1 fully saturated rings. The van der Waals surface area contributed by atoms with E-state index in [0.29, 0.717) is 11.3 Å². The zero-order valence-electron chi connectivity index (χ0n) is 21.8. The predicted octanol–water partition coefficient (Wildman–Crippen LogP) is 3.69. The van der Waals surface area contributed by atoms with Gasteiger partial charge in [0.1, 0.15) is 5.82 Å². The van der Waals surface area contributed by atoms with E-state index in [1.807, 2.05) is 13.0 Å². The van der Waals surface area contributed by atoms with Crippen LogP contribution in [0.1, 0.15) is 33.9 Å². The maximum absolute atomic E-state index is 13.7. The van der Waals surface area contributed by atoms with Crippen LogP contribution in [0, 0.1) is 22.9 Å². The van der Waals surface area contributed by atoms with Crippen molar-refractivity contribution in [3.05, 3.63) is 105 Å². The number of nitrogens with one attached hydrogen (secondary N) is 2. The van der Waals surface area contributed by atoms with Gasteiger partial charge in [0.2, 0.25) is 0 Å². The Bertz CT molecular complexity index is 1500. The molecule has 1 saturated heterocycles. The molecule has 41 heavy (non-hydrogen) atoms. The number of nitro groups is 1. The van der Waals surface area contributed by atoms with Crippen molar-refractivity contribution in [1.82, 2.24) is 15.1 Å². The zero-order valence-corrected chi connectivity index (χ0v) is 21.8. The lowest BCUT2D eigenvalue weighted by molar-refractivity contribution is -0.384. The van der Waals surface area contributed by atoms with Crippen LogP contribution in [0.4, 0.5) is 20.6 Å². The van der Waals surface area contributed by atoms with Gasteiger partial charge in [-0.1, -0.05) is 30.3 Å². The second kappa shape index (κ2) is 12.2. The van der Waals surface area contributed by atoms with Gasteiger partial charge in [-0.15, -0.1) is 0 Å². The van der Waals surface area contributed by atoms with E-state index in [1.165, 1.54) is 30.3 Å². The molecule has 3 aromatic carbocycles. The average molecular weight is 564 g/mol. The fourth-order valence-corrected chi connectivity index (χ4v) is 4.54. The van der Waals surface area contributed by atoms with Gasteiger partial charge in [0.05, 0.1) is 17.4 Å². The van der Waals surface area contributed by atoms with Gasteiger partial charge in [-0.05, 0) is 48.4 Å². The van der Waals surface area contributed by atoms with Crippen molar-refractivity contribution in [2.24, 2.45) is 0 Å². The molecular weight excluding hydrogens is 537 g/mol.